The molecule has 1 aromatic heterocycles. The Labute approximate surface area is 108 Å². The summed E-state index contributed by atoms with van der Waals surface area (Å²) in [7, 11) is 0. The summed E-state index contributed by atoms with van der Waals surface area (Å²) >= 11 is 6.88. The minimum Gasteiger partial charge on any atom is -0.308 e. The molecule has 0 fully saturated rings. The number of hydrogen-bond donors (Lipinski definition) is 1. The molecule has 0 radical (unpaired) electrons. The summed E-state index contributed by atoms with van der Waals surface area (Å²) in [5, 5.41) is 4.53. The van der Waals surface area contributed by atoms with E-state index in [2.05, 4.69) is 62.1 Å². The van der Waals surface area contributed by atoms with E-state index in [0.29, 0.717) is 0 Å². The van der Waals surface area contributed by atoms with E-state index in [4.69, 9.17) is 0 Å². The normalized spacial score (nSPS) is 11.7. The zero-order valence-corrected chi connectivity index (χ0v) is 12.2. The second-order valence-corrected chi connectivity index (χ2v) is 5.90. The monoisotopic (exact) mass is 334 g/mol. The minimum absolute atomic E-state index is 0.159. The van der Waals surface area contributed by atoms with Gasteiger partial charge in [-0.2, -0.15) is 0 Å². The van der Waals surface area contributed by atoms with Gasteiger partial charge in [-0.3, -0.25) is 4.98 Å². The van der Waals surface area contributed by atoms with Crippen molar-refractivity contribution in [2.24, 2.45) is 0 Å². The molecule has 1 N–H and O–H groups in total. The quantitative estimate of drug-likeness (QED) is 0.833. The Morgan fingerprint density at radius 2 is 2.13 bits per heavy atom. The highest BCUT2D eigenvalue weighted by Crippen LogP contribution is 2.13. The molecular weight excluding hydrogens is 320 g/mol. The fourth-order valence-corrected chi connectivity index (χ4v) is 2.62. The molecule has 0 unspecified atom stereocenters. The maximum atomic E-state index is 4.13. The number of halogens is 2. The Morgan fingerprint density at radius 1 is 1.40 bits per heavy atom. The van der Waals surface area contributed by atoms with E-state index >= 15 is 0 Å². The third-order valence-corrected chi connectivity index (χ3v) is 3.08. The van der Waals surface area contributed by atoms with Crippen molar-refractivity contribution in [3.05, 3.63) is 28.5 Å². The van der Waals surface area contributed by atoms with Gasteiger partial charge in [-0.25, -0.2) is 0 Å². The largest absolute Gasteiger partial charge is 0.308 e. The summed E-state index contributed by atoms with van der Waals surface area (Å²) in [6, 6.07) is 2.09. The SMILES string of the molecule is CC(C)(CCBr)NCc1cncc(Br)c1. The van der Waals surface area contributed by atoms with Crippen molar-refractivity contribution < 1.29 is 0 Å². The molecule has 1 heterocycles. The van der Waals surface area contributed by atoms with Crippen LogP contribution < -0.4 is 5.32 Å². The van der Waals surface area contributed by atoms with Gasteiger partial charge in [-0.05, 0) is 47.8 Å². The van der Waals surface area contributed by atoms with Crippen molar-refractivity contribution in [3.8, 4) is 0 Å². The fraction of sp³-hybridized carbons (Fsp3) is 0.545. The van der Waals surface area contributed by atoms with Gasteiger partial charge in [0.1, 0.15) is 0 Å². The zero-order valence-electron chi connectivity index (χ0n) is 9.06. The number of rotatable bonds is 5. The van der Waals surface area contributed by atoms with Crippen LogP contribution in [0.4, 0.5) is 0 Å². The number of pyridine rings is 1. The number of hydrogen-bond acceptors (Lipinski definition) is 2. The third-order valence-electron chi connectivity index (χ3n) is 2.25. The van der Waals surface area contributed by atoms with Gasteiger partial charge in [0.05, 0.1) is 0 Å². The number of alkyl halides is 1. The molecule has 1 rings (SSSR count). The highest BCUT2D eigenvalue weighted by atomic mass is 79.9. The fourth-order valence-electron chi connectivity index (χ4n) is 1.22. The topological polar surface area (TPSA) is 24.9 Å². The molecule has 0 saturated carbocycles. The average molecular weight is 336 g/mol. The van der Waals surface area contributed by atoms with Gasteiger partial charge >= 0.3 is 0 Å². The number of nitrogens with one attached hydrogen (secondary N) is 1. The van der Waals surface area contributed by atoms with Crippen LogP contribution in [0.5, 0.6) is 0 Å². The lowest BCUT2D eigenvalue weighted by molar-refractivity contribution is 0.378. The second-order valence-electron chi connectivity index (χ2n) is 4.19. The summed E-state index contributed by atoms with van der Waals surface area (Å²) < 4.78 is 1.03. The van der Waals surface area contributed by atoms with Crippen LogP contribution in [0.3, 0.4) is 0 Å². The van der Waals surface area contributed by atoms with E-state index in [-0.39, 0.29) is 5.54 Å². The first-order valence-electron chi connectivity index (χ1n) is 4.94. The van der Waals surface area contributed by atoms with E-state index in [1.54, 1.807) is 6.20 Å². The summed E-state index contributed by atoms with van der Waals surface area (Å²) in [4.78, 5) is 4.13. The molecule has 4 heteroatoms. The molecule has 0 amide bonds. The summed E-state index contributed by atoms with van der Waals surface area (Å²) in [5.41, 5.74) is 1.36. The Kier molecular flexibility index (Phi) is 5.23. The molecule has 0 bridgehead atoms. The van der Waals surface area contributed by atoms with Gasteiger partial charge in [-0.15, -0.1) is 0 Å². The maximum absolute atomic E-state index is 4.13. The Balaban J connectivity index is 2.49. The number of aromatic nitrogens is 1. The molecule has 1 aromatic rings. The summed E-state index contributed by atoms with van der Waals surface area (Å²) in [5.74, 6) is 0. The van der Waals surface area contributed by atoms with E-state index in [9.17, 15) is 0 Å². The molecular formula is C11H16Br2N2. The van der Waals surface area contributed by atoms with Crippen molar-refractivity contribution >= 4 is 31.9 Å². The van der Waals surface area contributed by atoms with Crippen LogP contribution in [0.15, 0.2) is 22.9 Å². The van der Waals surface area contributed by atoms with Crippen LogP contribution in [-0.2, 0) is 6.54 Å². The van der Waals surface area contributed by atoms with Gasteiger partial charge in [-0.1, -0.05) is 15.9 Å². The molecule has 0 aliphatic carbocycles. The molecule has 0 aliphatic rings. The Morgan fingerprint density at radius 3 is 2.73 bits per heavy atom. The molecule has 15 heavy (non-hydrogen) atoms. The first-order chi connectivity index (χ1) is 7.03. The second kappa shape index (κ2) is 5.97. The maximum Gasteiger partial charge on any atom is 0.0410 e. The van der Waals surface area contributed by atoms with Crippen molar-refractivity contribution in [1.82, 2.24) is 10.3 Å². The number of nitrogens with zero attached hydrogens (tertiary/aromatic N) is 1. The lowest BCUT2D eigenvalue weighted by atomic mass is 10.0. The summed E-state index contributed by atoms with van der Waals surface area (Å²) in [6.45, 7) is 5.27. The predicted molar refractivity (Wildman–Crippen MR) is 71.3 cm³/mol. The molecule has 0 aromatic carbocycles. The van der Waals surface area contributed by atoms with Crippen LogP contribution in [0.2, 0.25) is 0 Å². The predicted octanol–water partition coefficient (Wildman–Crippen LogP) is 3.50. The van der Waals surface area contributed by atoms with Gasteiger partial charge in [0.25, 0.3) is 0 Å². The molecule has 0 aliphatic heterocycles. The van der Waals surface area contributed by atoms with Crippen LogP contribution in [0.1, 0.15) is 25.8 Å². The first kappa shape index (κ1) is 13.1. The Hall–Kier alpha value is 0.0700. The highest BCUT2D eigenvalue weighted by Gasteiger charge is 2.15. The molecule has 0 spiro atoms. The van der Waals surface area contributed by atoms with Crippen LogP contribution in [-0.4, -0.2) is 15.9 Å². The standard InChI is InChI=1S/C11H16Br2N2/c1-11(2,3-4-12)15-7-9-5-10(13)8-14-6-9/h5-6,8,15H,3-4,7H2,1-2H3. The van der Waals surface area contributed by atoms with Gasteiger partial charge in [0, 0.05) is 34.3 Å². The van der Waals surface area contributed by atoms with Crippen molar-refractivity contribution in [1.29, 1.82) is 0 Å². The molecule has 0 atom stereocenters. The van der Waals surface area contributed by atoms with E-state index < -0.39 is 0 Å². The van der Waals surface area contributed by atoms with Crippen LogP contribution in [0, 0.1) is 0 Å². The molecule has 2 nitrogen and oxygen atoms in total. The van der Waals surface area contributed by atoms with Crippen molar-refractivity contribution in [2.75, 3.05) is 5.33 Å². The zero-order chi connectivity index (χ0) is 11.3. The van der Waals surface area contributed by atoms with Gasteiger partial charge in [0.2, 0.25) is 0 Å². The third kappa shape index (κ3) is 5.09. The first-order valence-corrected chi connectivity index (χ1v) is 6.85. The minimum atomic E-state index is 0.159. The van der Waals surface area contributed by atoms with Gasteiger partial charge < -0.3 is 5.32 Å². The smallest absolute Gasteiger partial charge is 0.0410 e. The van der Waals surface area contributed by atoms with E-state index in [1.807, 2.05) is 6.20 Å². The average Bonchev–Trinajstić information content (AvgIpc) is 2.15. The molecule has 84 valence electrons. The van der Waals surface area contributed by atoms with Crippen molar-refractivity contribution in [3.63, 3.8) is 0 Å². The summed E-state index contributed by atoms with van der Waals surface area (Å²) in [6.07, 6.45) is 4.80. The lowest BCUT2D eigenvalue weighted by Gasteiger charge is -2.25. The van der Waals surface area contributed by atoms with Gasteiger partial charge in [0.15, 0.2) is 0 Å². The van der Waals surface area contributed by atoms with E-state index in [0.717, 1.165) is 22.8 Å². The Bertz CT molecular complexity index is 313. The van der Waals surface area contributed by atoms with Crippen molar-refractivity contribution in [2.45, 2.75) is 32.4 Å². The van der Waals surface area contributed by atoms with Crippen LogP contribution >= 0.6 is 31.9 Å². The van der Waals surface area contributed by atoms with Crippen LogP contribution in [0.25, 0.3) is 0 Å². The van der Waals surface area contributed by atoms with E-state index in [1.165, 1.54) is 5.56 Å². The lowest BCUT2D eigenvalue weighted by Crippen LogP contribution is -2.39. The highest BCUT2D eigenvalue weighted by molar-refractivity contribution is 9.10. The molecule has 0 saturated heterocycles.